The monoisotopic (exact) mass is 505 g/mol. The van der Waals surface area contributed by atoms with E-state index in [9.17, 15) is 31.1 Å². The van der Waals surface area contributed by atoms with Crippen molar-refractivity contribution in [1.82, 2.24) is 15.3 Å². The van der Waals surface area contributed by atoms with E-state index < -0.39 is 47.3 Å². The lowest BCUT2D eigenvalue weighted by Crippen LogP contribution is -2.37. The first-order valence-electron chi connectivity index (χ1n) is 9.53. The molecule has 0 saturated carbocycles. The lowest BCUT2D eigenvalue weighted by Gasteiger charge is -2.22. The number of halogens is 8. The van der Waals surface area contributed by atoms with Gasteiger partial charge in [0.15, 0.2) is 5.67 Å². The smallest absolute Gasteiger partial charge is 0.348 e. The predicted molar refractivity (Wildman–Crippen MR) is 110 cm³/mol. The van der Waals surface area contributed by atoms with Crippen LogP contribution in [0.1, 0.15) is 34.2 Å². The van der Waals surface area contributed by atoms with E-state index in [4.69, 9.17) is 11.6 Å². The summed E-state index contributed by atoms with van der Waals surface area (Å²) in [5.41, 5.74) is -5.13. The van der Waals surface area contributed by atoms with Crippen molar-refractivity contribution in [1.29, 1.82) is 0 Å². The van der Waals surface area contributed by atoms with Gasteiger partial charge in [-0.15, -0.1) is 0 Å². The Morgan fingerprint density at radius 1 is 0.912 bits per heavy atom. The number of nitrogens with zero attached hydrogens (tertiary/aromatic N) is 2. The number of carbonyl (C=O) groups excluding carboxylic acids is 1. The van der Waals surface area contributed by atoms with E-state index in [1.54, 1.807) is 0 Å². The number of benzene rings is 1. The standard InChI is InChI=1S/C22H15ClF7N3O/c1-20(24,11-33-19(34)14-4-2-3-5-15(14)21(25,26)27)18-16(23)8-13(10-32-18)12-6-7-17(31-9-12)22(28,29)30/h2-10H,11H2,1H3,(H,33,34). The zero-order chi connectivity index (χ0) is 25.3. The Hall–Kier alpha value is -3.21. The molecule has 180 valence electrons. The van der Waals surface area contributed by atoms with Crippen LogP contribution in [0.25, 0.3) is 11.1 Å². The molecule has 2 heterocycles. The van der Waals surface area contributed by atoms with Gasteiger partial charge in [0, 0.05) is 23.5 Å². The number of pyridine rings is 2. The van der Waals surface area contributed by atoms with Crippen LogP contribution in [0.15, 0.2) is 54.9 Å². The number of carbonyl (C=O) groups is 1. The molecule has 4 nitrogen and oxygen atoms in total. The summed E-state index contributed by atoms with van der Waals surface area (Å²) >= 11 is 6.12. The van der Waals surface area contributed by atoms with Gasteiger partial charge in [-0.1, -0.05) is 29.8 Å². The van der Waals surface area contributed by atoms with Crippen molar-refractivity contribution in [3.63, 3.8) is 0 Å². The fraction of sp³-hybridized carbons (Fsp3) is 0.227. The average Bonchev–Trinajstić information content (AvgIpc) is 2.76. The van der Waals surface area contributed by atoms with Crippen LogP contribution in [-0.4, -0.2) is 22.4 Å². The fourth-order valence-corrected chi connectivity index (χ4v) is 3.43. The van der Waals surface area contributed by atoms with E-state index in [0.717, 1.165) is 49.6 Å². The van der Waals surface area contributed by atoms with Crippen LogP contribution in [0.5, 0.6) is 0 Å². The molecule has 1 N–H and O–H groups in total. The van der Waals surface area contributed by atoms with Crippen molar-refractivity contribution in [3.05, 3.63) is 82.4 Å². The number of hydrogen-bond donors (Lipinski definition) is 1. The molecule has 1 amide bonds. The number of nitrogens with one attached hydrogen (secondary N) is 1. The van der Waals surface area contributed by atoms with Crippen molar-refractivity contribution >= 4 is 17.5 Å². The van der Waals surface area contributed by atoms with E-state index in [2.05, 4.69) is 15.3 Å². The molecule has 0 bridgehead atoms. The van der Waals surface area contributed by atoms with Gasteiger partial charge in [-0.05, 0) is 31.2 Å². The number of aromatic nitrogens is 2. The van der Waals surface area contributed by atoms with Crippen molar-refractivity contribution in [2.24, 2.45) is 0 Å². The van der Waals surface area contributed by atoms with Crippen LogP contribution < -0.4 is 5.32 Å². The van der Waals surface area contributed by atoms with Crippen LogP contribution in [0.4, 0.5) is 30.7 Å². The Labute approximate surface area is 193 Å². The van der Waals surface area contributed by atoms with E-state index >= 15 is 4.39 Å². The molecular formula is C22H15ClF7N3O. The van der Waals surface area contributed by atoms with Gasteiger partial charge in [-0.2, -0.15) is 26.3 Å². The second kappa shape index (κ2) is 9.21. The third-order valence-electron chi connectivity index (χ3n) is 4.78. The van der Waals surface area contributed by atoms with Crippen molar-refractivity contribution < 1.29 is 35.5 Å². The number of hydrogen-bond acceptors (Lipinski definition) is 3. The number of rotatable bonds is 5. The third kappa shape index (κ3) is 5.64. The van der Waals surface area contributed by atoms with Gasteiger partial charge >= 0.3 is 12.4 Å². The first-order chi connectivity index (χ1) is 15.7. The molecule has 0 aliphatic carbocycles. The van der Waals surface area contributed by atoms with Crippen LogP contribution in [0.2, 0.25) is 5.02 Å². The first kappa shape index (κ1) is 25.4. The van der Waals surface area contributed by atoms with Gasteiger partial charge in [0.05, 0.1) is 28.4 Å². The highest BCUT2D eigenvalue weighted by molar-refractivity contribution is 6.31. The highest BCUT2D eigenvalue weighted by Crippen LogP contribution is 2.34. The molecular weight excluding hydrogens is 491 g/mol. The number of alkyl halides is 7. The van der Waals surface area contributed by atoms with Crippen molar-refractivity contribution in [2.45, 2.75) is 24.9 Å². The molecule has 34 heavy (non-hydrogen) atoms. The molecule has 1 aromatic carbocycles. The summed E-state index contributed by atoms with van der Waals surface area (Å²) in [7, 11) is 0. The Kier molecular flexibility index (Phi) is 6.88. The molecule has 3 rings (SSSR count). The fourth-order valence-electron chi connectivity index (χ4n) is 3.07. The maximum absolute atomic E-state index is 15.3. The Balaban J connectivity index is 1.78. The molecule has 0 aliphatic rings. The molecule has 2 aromatic heterocycles. The minimum absolute atomic E-state index is 0.202. The quantitative estimate of drug-likeness (QED) is 0.405. The summed E-state index contributed by atoms with van der Waals surface area (Å²) in [6.45, 7) is 0.280. The minimum atomic E-state index is -4.78. The van der Waals surface area contributed by atoms with E-state index in [-0.39, 0.29) is 21.8 Å². The van der Waals surface area contributed by atoms with Gasteiger partial charge in [0.25, 0.3) is 5.91 Å². The van der Waals surface area contributed by atoms with Crippen LogP contribution >= 0.6 is 11.6 Å². The lowest BCUT2D eigenvalue weighted by molar-refractivity contribution is -0.141. The van der Waals surface area contributed by atoms with Crippen LogP contribution in [-0.2, 0) is 18.0 Å². The van der Waals surface area contributed by atoms with Crippen molar-refractivity contribution in [3.8, 4) is 11.1 Å². The highest BCUT2D eigenvalue weighted by atomic mass is 35.5. The minimum Gasteiger partial charge on any atom is -0.348 e. The summed E-state index contributed by atoms with van der Waals surface area (Å²) in [5.74, 6) is -1.14. The van der Waals surface area contributed by atoms with E-state index in [1.807, 2.05) is 0 Å². The highest BCUT2D eigenvalue weighted by Gasteiger charge is 2.36. The Morgan fingerprint density at radius 3 is 2.12 bits per heavy atom. The molecule has 1 atom stereocenters. The Bertz CT molecular complexity index is 1190. The molecule has 0 fully saturated rings. The van der Waals surface area contributed by atoms with Crippen molar-refractivity contribution in [2.75, 3.05) is 6.54 Å². The topological polar surface area (TPSA) is 54.9 Å². The summed E-state index contributed by atoms with van der Waals surface area (Å²) in [4.78, 5) is 19.5. The predicted octanol–water partition coefficient (Wildman–Crippen LogP) is 6.45. The molecule has 1 unspecified atom stereocenters. The maximum Gasteiger partial charge on any atom is 0.433 e. The summed E-state index contributed by atoms with van der Waals surface area (Å²) in [5, 5.41) is 1.91. The third-order valence-corrected chi connectivity index (χ3v) is 5.07. The van der Waals surface area contributed by atoms with Crippen LogP contribution in [0, 0.1) is 0 Å². The van der Waals surface area contributed by atoms with Gasteiger partial charge < -0.3 is 5.32 Å². The van der Waals surface area contributed by atoms with Gasteiger partial charge in [-0.25, -0.2) is 4.39 Å². The number of amides is 1. The molecule has 12 heteroatoms. The zero-order valence-electron chi connectivity index (χ0n) is 17.2. The molecule has 0 radical (unpaired) electrons. The molecule has 0 spiro atoms. The summed E-state index contributed by atoms with van der Waals surface area (Å²) < 4.78 is 92.6. The molecule has 0 aliphatic heterocycles. The largest absolute Gasteiger partial charge is 0.433 e. The van der Waals surface area contributed by atoms with Crippen LogP contribution in [0.3, 0.4) is 0 Å². The SMILES string of the molecule is CC(F)(CNC(=O)c1ccccc1C(F)(F)F)c1ncc(-c2ccc(C(F)(F)F)nc2)cc1Cl. The van der Waals surface area contributed by atoms with E-state index in [1.165, 1.54) is 12.1 Å². The first-order valence-corrected chi connectivity index (χ1v) is 9.91. The normalized spacial score (nSPS) is 13.9. The zero-order valence-corrected chi connectivity index (χ0v) is 18.0. The van der Waals surface area contributed by atoms with E-state index in [0.29, 0.717) is 0 Å². The van der Waals surface area contributed by atoms with Gasteiger partial charge in [0.1, 0.15) is 5.69 Å². The maximum atomic E-state index is 15.3. The second-order valence-corrected chi connectivity index (χ2v) is 7.81. The van der Waals surface area contributed by atoms with Gasteiger partial charge in [0.2, 0.25) is 0 Å². The van der Waals surface area contributed by atoms with Gasteiger partial charge in [-0.3, -0.25) is 14.8 Å². The summed E-state index contributed by atoms with van der Waals surface area (Å²) in [6, 6.07) is 7.23. The lowest BCUT2D eigenvalue weighted by atomic mass is 10.0. The average molecular weight is 506 g/mol. The summed E-state index contributed by atoms with van der Waals surface area (Å²) in [6.07, 6.45) is -7.27. The Morgan fingerprint density at radius 2 is 1.56 bits per heavy atom. The molecule has 3 aromatic rings. The molecule has 0 saturated heterocycles. The second-order valence-electron chi connectivity index (χ2n) is 7.41.